The summed E-state index contributed by atoms with van der Waals surface area (Å²) in [6.45, 7) is 7.73. The number of nitrogens with two attached hydrogens (primary N) is 1. The molecule has 1 heterocycles. The number of aromatic nitrogens is 2. The average molecular weight is 301 g/mol. The van der Waals surface area contributed by atoms with E-state index in [4.69, 9.17) is 10.7 Å². The van der Waals surface area contributed by atoms with Crippen LogP contribution >= 0.6 is 0 Å². The third-order valence-electron chi connectivity index (χ3n) is 4.23. The summed E-state index contributed by atoms with van der Waals surface area (Å²) >= 11 is 0. The molecule has 2 rings (SSSR count). The van der Waals surface area contributed by atoms with Crippen LogP contribution in [0.2, 0.25) is 0 Å². The zero-order chi connectivity index (χ0) is 15.9. The van der Waals surface area contributed by atoms with Crippen molar-refractivity contribution in [2.75, 3.05) is 0 Å². The highest BCUT2D eigenvalue weighted by atomic mass is 15.1. The predicted octanol–water partition coefficient (Wildman–Crippen LogP) is 5.05. The first-order valence-corrected chi connectivity index (χ1v) is 8.84. The fraction of sp³-hybridized carbons (Fsp3) is 0.632. The second kappa shape index (κ2) is 8.33. The maximum absolute atomic E-state index is 6.43. The highest BCUT2D eigenvalue weighted by Gasteiger charge is 2.17. The minimum atomic E-state index is 0.0306. The maximum Gasteiger partial charge on any atom is 0.126 e. The van der Waals surface area contributed by atoms with Crippen LogP contribution in [0.3, 0.4) is 0 Å². The maximum atomic E-state index is 6.43. The Hall–Kier alpha value is -1.35. The summed E-state index contributed by atoms with van der Waals surface area (Å²) in [5, 5.41) is 0. The molecule has 1 aromatic carbocycles. The van der Waals surface area contributed by atoms with E-state index < -0.39 is 0 Å². The van der Waals surface area contributed by atoms with Crippen molar-refractivity contribution in [3.8, 4) is 0 Å². The summed E-state index contributed by atoms with van der Waals surface area (Å²) in [6, 6.07) is 8.44. The molecule has 1 unspecified atom stereocenters. The van der Waals surface area contributed by atoms with Crippen LogP contribution in [0.4, 0.5) is 0 Å². The first-order chi connectivity index (χ1) is 10.6. The quantitative estimate of drug-likeness (QED) is 0.658. The summed E-state index contributed by atoms with van der Waals surface area (Å²) in [5.41, 5.74) is 8.73. The lowest BCUT2D eigenvalue weighted by atomic mass is 10.0. The van der Waals surface area contributed by atoms with Gasteiger partial charge in [-0.25, -0.2) is 4.98 Å². The molecule has 3 nitrogen and oxygen atoms in total. The lowest BCUT2D eigenvalue weighted by molar-refractivity contribution is 0.468. The molecule has 0 spiro atoms. The lowest BCUT2D eigenvalue weighted by Gasteiger charge is -2.16. The number of aryl methyl sites for hydroxylation is 1. The van der Waals surface area contributed by atoms with Gasteiger partial charge < -0.3 is 10.3 Å². The van der Waals surface area contributed by atoms with Gasteiger partial charge in [0.25, 0.3) is 0 Å². The van der Waals surface area contributed by atoms with Crippen molar-refractivity contribution >= 4 is 11.0 Å². The molecular formula is C19H31N3. The molecular weight excluding hydrogens is 270 g/mol. The van der Waals surface area contributed by atoms with Gasteiger partial charge in [0.2, 0.25) is 0 Å². The van der Waals surface area contributed by atoms with Gasteiger partial charge in [-0.3, -0.25) is 0 Å². The summed E-state index contributed by atoms with van der Waals surface area (Å²) < 4.78 is 2.36. The first kappa shape index (κ1) is 17.0. The Morgan fingerprint density at radius 3 is 2.55 bits per heavy atom. The van der Waals surface area contributed by atoms with Crippen molar-refractivity contribution in [2.45, 2.75) is 71.9 Å². The number of unbranched alkanes of at least 4 members (excludes halogenated alkanes) is 4. The molecule has 122 valence electrons. The normalized spacial score (nSPS) is 13.1. The zero-order valence-corrected chi connectivity index (χ0v) is 14.4. The summed E-state index contributed by atoms with van der Waals surface area (Å²) in [5.74, 6) is 1.65. The summed E-state index contributed by atoms with van der Waals surface area (Å²) in [6.07, 6.45) is 7.44. The summed E-state index contributed by atoms with van der Waals surface area (Å²) in [4.78, 5) is 4.82. The molecule has 0 fully saturated rings. The van der Waals surface area contributed by atoms with Crippen LogP contribution in [0, 0.1) is 5.92 Å². The van der Waals surface area contributed by atoms with E-state index in [1.54, 1.807) is 0 Å². The Kier molecular flexibility index (Phi) is 6.44. The zero-order valence-electron chi connectivity index (χ0n) is 14.4. The lowest BCUT2D eigenvalue weighted by Crippen LogP contribution is -2.18. The van der Waals surface area contributed by atoms with E-state index in [0.717, 1.165) is 24.3 Å². The fourth-order valence-electron chi connectivity index (χ4n) is 3.10. The smallest absolute Gasteiger partial charge is 0.126 e. The second-order valence-corrected chi connectivity index (χ2v) is 6.76. The Morgan fingerprint density at radius 1 is 1.09 bits per heavy atom. The topological polar surface area (TPSA) is 43.8 Å². The van der Waals surface area contributed by atoms with Crippen molar-refractivity contribution in [3.63, 3.8) is 0 Å². The predicted molar refractivity (Wildman–Crippen MR) is 94.9 cm³/mol. The average Bonchev–Trinajstić information content (AvgIpc) is 2.85. The van der Waals surface area contributed by atoms with Crippen LogP contribution in [-0.4, -0.2) is 9.55 Å². The van der Waals surface area contributed by atoms with Gasteiger partial charge in [-0.15, -0.1) is 0 Å². The third kappa shape index (κ3) is 4.33. The minimum absolute atomic E-state index is 0.0306. The molecule has 0 saturated heterocycles. The molecule has 1 aromatic heterocycles. The molecule has 0 aliphatic carbocycles. The molecule has 0 amide bonds. The van der Waals surface area contributed by atoms with Gasteiger partial charge in [-0.1, -0.05) is 58.6 Å². The highest BCUT2D eigenvalue weighted by molar-refractivity contribution is 5.76. The molecule has 2 aromatic rings. The number of rotatable bonds is 9. The van der Waals surface area contributed by atoms with E-state index in [1.807, 2.05) is 0 Å². The molecule has 0 radical (unpaired) electrons. The van der Waals surface area contributed by atoms with Crippen molar-refractivity contribution < 1.29 is 0 Å². The van der Waals surface area contributed by atoms with Gasteiger partial charge >= 0.3 is 0 Å². The van der Waals surface area contributed by atoms with Gasteiger partial charge in [-0.2, -0.15) is 0 Å². The van der Waals surface area contributed by atoms with E-state index in [9.17, 15) is 0 Å². The molecule has 0 aliphatic heterocycles. The number of imidazole rings is 1. The SMILES string of the molecule is CCCCCCCn1c(C(N)CC(C)C)nc2ccccc21. The molecule has 22 heavy (non-hydrogen) atoms. The first-order valence-electron chi connectivity index (χ1n) is 8.84. The van der Waals surface area contributed by atoms with Crippen molar-refractivity contribution in [2.24, 2.45) is 11.7 Å². The van der Waals surface area contributed by atoms with E-state index in [1.165, 1.54) is 37.6 Å². The Labute approximate surface area is 134 Å². The van der Waals surface area contributed by atoms with Gasteiger partial charge in [0.1, 0.15) is 5.82 Å². The molecule has 2 N–H and O–H groups in total. The Bertz CT molecular complexity index is 571. The van der Waals surface area contributed by atoms with Crippen molar-refractivity contribution in [3.05, 3.63) is 30.1 Å². The van der Waals surface area contributed by atoms with Crippen LogP contribution in [0.15, 0.2) is 24.3 Å². The van der Waals surface area contributed by atoms with Crippen LogP contribution in [0.5, 0.6) is 0 Å². The molecule has 0 saturated carbocycles. The van der Waals surface area contributed by atoms with E-state index >= 15 is 0 Å². The van der Waals surface area contributed by atoms with Crippen LogP contribution < -0.4 is 5.73 Å². The van der Waals surface area contributed by atoms with Crippen molar-refractivity contribution in [1.82, 2.24) is 9.55 Å². The molecule has 0 aliphatic rings. The third-order valence-corrected chi connectivity index (χ3v) is 4.23. The number of nitrogens with zero attached hydrogens (tertiary/aromatic N) is 2. The van der Waals surface area contributed by atoms with Gasteiger partial charge in [-0.05, 0) is 30.9 Å². The molecule has 3 heteroatoms. The van der Waals surface area contributed by atoms with E-state index in [0.29, 0.717) is 5.92 Å². The second-order valence-electron chi connectivity index (χ2n) is 6.76. The van der Waals surface area contributed by atoms with Crippen LogP contribution in [0.1, 0.15) is 71.2 Å². The summed E-state index contributed by atoms with van der Waals surface area (Å²) in [7, 11) is 0. The Balaban J connectivity index is 2.16. The number of hydrogen-bond donors (Lipinski definition) is 1. The standard InChI is InChI=1S/C19H31N3/c1-4-5-6-7-10-13-22-18-12-9-8-11-17(18)21-19(22)16(20)14-15(2)3/h8-9,11-12,15-16H,4-7,10,13-14,20H2,1-3H3. The fourth-order valence-corrected chi connectivity index (χ4v) is 3.10. The van der Waals surface area contributed by atoms with Gasteiger partial charge in [0, 0.05) is 6.54 Å². The van der Waals surface area contributed by atoms with Gasteiger partial charge in [0.15, 0.2) is 0 Å². The molecule has 0 bridgehead atoms. The minimum Gasteiger partial charge on any atom is -0.327 e. The largest absolute Gasteiger partial charge is 0.327 e. The monoisotopic (exact) mass is 301 g/mol. The van der Waals surface area contributed by atoms with Crippen LogP contribution in [0.25, 0.3) is 11.0 Å². The van der Waals surface area contributed by atoms with Crippen LogP contribution in [-0.2, 0) is 6.54 Å². The number of hydrogen-bond acceptors (Lipinski definition) is 2. The van der Waals surface area contributed by atoms with Crippen molar-refractivity contribution in [1.29, 1.82) is 0 Å². The van der Waals surface area contributed by atoms with Gasteiger partial charge in [0.05, 0.1) is 17.1 Å². The number of para-hydroxylation sites is 2. The molecule has 1 atom stereocenters. The number of fused-ring (bicyclic) bond motifs is 1. The highest BCUT2D eigenvalue weighted by Crippen LogP contribution is 2.24. The number of benzene rings is 1. The van der Waals surface area contributed by atoms with E-state index in [-0.39, 0.29) is 6.04 Å². The Morgan fingerprint density at radius 2 is 1.82 bits per heavy atom. The van der Waals surface area contributed by atoms with E-state index in [2.05, 4.69) is 49.6 Å².